The number of hydrogen-bond acceptors (Lipinski definition) is 5. The number of carbonyl (C=O) groups is 2. The lowest BCUT2D eigenvalue weighted by molar-refractivity contribution is 0.0811. The molecule has 3 amide bonds. The molecule has 8 heteroatoms. The molecule has 4 rings (SSSR count). The quantitative estimate of drug-likeness (QED) is 0.696. The van der Waals surface area contributed by atoms with Crippen molar-refractivity contribution < 1.29 is 14.7 Å². The molecule has 8 nitrogen and oxygen atoms in total. The molecular weight excluding hydrogens is 394 g/mol. The summed E-state index contributed by atoms with van der Waals surface area (Å²) >= 11 is 0. The Bertz CT molecular complexity index is 933. The van der Waals surface area contributed by atoms with Crippen molar-refractivity contribution in [1.29, 1.82) is 0 Å². The molecule has 0 aliphatic carbocycles. The molecule has 164 valence electrons. The Morgan fingerprint density at radius 1 is 1.10 bits per heavy atom. The summed E-state index contributed by atoms with van der Waals surface area (Å²) in [5.41, 5.74) is 3.93. The van der Waals surface area contributed by atoms with Crippen molar-refractivity contribution >= 4 is 11.9 Å². The molecule has 0 spiro atoms. The number of carbonyl (C=O) groups excluding carboxylic acids is 2. The van der Waals surface area contributed by atoms with Gasteiger partial charge in [-0.3, -0.25) is 14.7 Å². The number of aromatic nitrogens is 1. The third kappa shape index (κ3) is 5.03. The second-order valence-electron chi connectivity index (χ2n) is 8.18. The van der Waals surface area contributed by atoms with E-state index in [1.807, 2.05) is 0 Å². The second kappa shape index (κ2) is 9.45. The van der Waals surface area contributed by atoms with Crippen LogP contribution in [-0.2, 0) is 19.5 Å². The van der Waals surface area contributed by atoms with E-state index >= 15 is 0 Å². The number of nitrogens with zero attached hydrogens (tertiary/aromatic N) is 4. The van der Waals surface area contributed by atoms with Crippen molar-refractivity contribution in [2.75, 3.05) is 39.8 Å². The van der Waals surface area contributed by atoms with Gasteiger partial charge in [0.2, 0.25) is 0 Å². The Kier molecular flexibility index (Phi) is 6.48. The molecule has 1 saturated heterocycles. The summed E-state index contributed by atoms with van der Waals surface area (Å²) in [5, 5.41) is 13.2. The Balaban J connectivity index is 1.27. The Morgan fingerprint density at radius 3 is 2.61 bits per heavy atom. The average molecular weight is 424 g/mol. The van der Waals surface area contributed by atoms with Crippen LogP contribution >= 0.6 is 0 Å². The highest BCUT2D eigenvalue weighted by molar-refractivity contribution is 5.93. The van der Waals surface area contributed by atoms with Crippen molar-refractivity contribution in [3.05, 3.63) is 65.0 Å². The molecule has 1 aromatic carbocycles. The van der Waals surface area contributed by atoms with Crippen molar-refractivity contribution in [2.24, 2.45) is 0 Å². The zero-order valence-electron chi connectivity index (χ0n) is 17.8. The third-order valence-electron chi connectivity index (χ3n) is 5.96. The molecule has 2 aliphatic rings. The van der Waals surface area contributed by atoms with Crippen LogP contribution in [-0.4, -0.2) is 82.6 Å². The molecule has 0 unspecified atom stereocenters. The molecular formula is C23H29N5O3. The molecule has 2 aromatic rings. The highest BCUT2D eigenvalue weighted by atomic mass is 16.3. The maximum Gasteiger partial charge on any atom is 0.320 e. The number of fused-ring (bicyclic) bond motifs is 1. The van der Waals surface area contributed by atoms with Gasteiger partial charge in [0.15, 0.2) is 0 Å². The number of aliphatic hydroxyl groups is 1. The Hall–Kier alpha value is -2.97. The van der Waals surface area contributed by atoms with E-state index in [9.17, 15) is 14.7 Å². The number of hydrogen-bond donors (Lipinski definition) is 2. The van der Waals surface area contributed by atoms with Crippen molar-refractivity contribution in [2.45, 2.75) is 25.6 Å². The largest absolute Gasteiger partial charge is 0.390 e. The van der Waals surface area contributed by atoms with Crippen LogP contribution in [0.15, 0.2) is 42.6 Å². The highest BCUT2D eigenvalue weighted by Gasteiger charge is 2.30. The zero-order valence-corrected chi connectivity index (χ0v) is 17.8. The van der Waals surface area contributed by atoms with E-state index in [0.29, 0.717) is 38.3 Å². The van der Waals surface area contributed by atoms with Crippen molar-refractivity contribution in [1.82, 2.24) is 25.0 Å². The maximum atomic E-state index is 12.8. The van der Waals surface area contributed by atoms with E-state index < -0.39 is 6.10 Å². The lowest BCUT2D eigenvalue weighted by Crippen LogP contribution is -2.43. The number of benzene rings is 1. The van der Waals surface area contributed by atoms with E-state index in [1.54, 1.807) is 29.0 Å². The van der Waals surface area contributed by atoms with Gasteiger partial charge >= 0.3 is 6.03 Å². The first-order chi connectivity index (χ1) is 15.0. The number of pyridine rings is 1. The second-order valence-corrected chi connectivity index (χ2v) is 8.18. The van der Waals surface area contributed by atoms with Crippen LogP contribution in [0.5, 0.6) is 0 Å². The standard InChI is InChI=1S/C23H29N5O3/c1-24-22(30)18-6-7-20(25-12-18)14-27-10-11-28(23(27)31)16-21(29)15-26-9-8-17-4-2-3-5-19(17)13-26/h2-7,12,21,29H,8-11,13-16H2,1H3,(H,24,30)/t21-/m1/s1. The minimum Gasteiger partial charge on any atom is -0.390 e. The fourth-order valence-corrected chi connectivity index (χ4v) is 4.26. The molecule has 0 saturated carbocycles. The summed E-state index contributed by atoms with van der Waals surface area (Å²) < 4.78 is 0. The number of urea groups is 1. The van der Waals surface area contributed by atoms with Gasteiger partial charge in [0.25, 0.3) is 5.91 Å². The minimum atomic E-state index is -0.584. The van der Waals surface area contributed by atoms with E-state index in [0.717, 1.165) is 25.2 Å². The van der Waals surface area contributed by atoms with Gasteiger partial charge in [-0.05, 0) is 29.7 Å². The summed E-state index contributed by atoms with van der Waals surface area (Å²) in [7, 11) is 1.58. The van der Waals surface area contributed by atoms with Crippen molar-refractivity contribution in [3.8, 4) is 0 Å². The van der Waals surface area contributed by atoms with E-state index in [4.69, 9.17) is 0 Å². The van der Waals surface area contributed by atoms with Crippen LogP contribution < -0.4 is 5.32 Å². The van der Waals surface area contributed by atoms with E-state index in [1.165, 1.54) is 17.3 Å². The van der Waals surface area contributed by atoms with Crippen LogP contribution in [0.3, 0.4) is 0 Å². The molecule has 2 aliphatic heterocycles. The number of β-amino-alcohol motifs (C(OH)–C–C–N with tert-alkyl or cyclic N) is 1. The number of rotatable bonds is 7. The summed E-state index contributed by atoms with van der Waals surface area (Å²) in [6.45, 7) is 4.23. The SMILES string of the molecule is CNC(=O)c1ccc(CN2CCN(C[C@H](O)CN3CCc4ccccc4C3)C2=O)nc1. The molecule has 1 atom stereocenters. The molecule has 0 radical (unpaired) electrons. The summed E-state index contributed by atoms with van der Waals surface area (Å²) in [6, 6.07) is 11.8. The van der Waals surface area contributed by atoms with Gasteiger partial charge in [0, 0.05) is 52.5 Å². The topological polar surface area (TPSA) is 89.0 Å². The molecule has 2 N–H and O–H groups in total. The smallest absolute Gasteiger partial charge is 0.320 e. The van der Waals surface area contributed by atoms with Crippen LogP contribution in [0.2, 0.25) is 0 Å². The van der Waals surface area contributed by atoms with Gasteiger partial charge in [-0.25, -0.2) is 4.79 Å². The van der Waals surface area contributed by atoms with Crippen LogP contribution in [0.25, 0.3) is 0 Å². The minimum absolute atomic E-state index is 0.0831. The first-order valence-electron chi connectivity index (χ1n) is 10.7. The molecule has 31 heavy (non-hydrogen) atoms. The highest BCUT2D eigenvalue weighted by Crippen LogP contribution is 2.19. The molecule has 3 heterocycles. The van der Waals surface area contributed by atoms with Gasteiger partial charge in [-0.15, -0.1) is 0 Å². The summed E-state index contributed by atoms with van der Waals surface area (Å²) in [5.74, 6) is -0.186. The van der Waals surface area contributed by atoms with Gasteiger partial charge < -0.3 is 20.2 Å². The fraction of sp³-hybridized carbons (Fsp3) is 0.435. The molecule has 1 aromatic heterocycles. The van der Waals surface area contributed by atoms with Crippen LogP contribution in [0, 0.1) is 0 Å². The number of amides is 3. The van der Waals surface area contributed by atoms with Gasteiger partial charge in [-0.2, -0.15) is 0 Å². The monoisotopic (exact) mass is 423 g/mol. The summed E-state index contributed by atoms with van der Waals surface area (Å²) in [4.78, 5) is 34.4. The first kappa shape index (κ1) is 21.3. The van der Waals surface area contributed by atoms with Crippen LogP contribution in [0.1, 0.15) is 27.2 Å². The predicted octanol–water partition coefficient (Wildman–Crippen LogP) is 1.10. The lowest BCUT2D eigenvalue weighted by Gasteiger charge is -2.31. The number of nitrogens with one attached hydrogen (secondary N) is 1. The zero-order chi connectivity index (χ0) is 21.8. The van der Waals surface area contributed by atoms with Gasteiger partial charge in [0.1, 0.15) is 0 Å². The van der Waals surface area contributed by atoms with Crippen molar-refractivity contribution in [3.63, 3.8) is 0 Å². The number of aliphatic hydroxyl groups excluding tert-OH is 1. The molecule has 0 bridgehead atoms. The Labute approximate surface area is 182 Å². The fourth-order valence-electron chi connectivity index (χ4n) is 4.26. The van der Waals surface area contributed by atoms with E-state index in [-0.39, 0.29) is 11.9 Å². The maximum absolute atomic E-state index is 12.8. The average Bonchev–Trinajstić information content (AvgIpc) is 3.12. The normalized spacial score (nSPS) is 17.5. The molecule has 1 fully saturated rings. The van der Waals surface area contributed by atoms with Gasteiger partial charge in [-0.1, -0.05) is 24.3 Å². The third-order valence-corrected chi connectivity index (χ3v) is 5.96. The van der Waals surface area contributed by atoms with Gasteiger partial charge in [0.05, 0.1) is 23.9 Å². The van der Waals surface area contributed by atoms with Crippen LogP contribution in [0.4, 0.5) is 4.79 Å². The lowest BCUT2D eigenvalue weighted by atomic mass is 10.00. The van der Waals surface area contributed by atoms with E-state index in [2.05, 4.69) is 39.5 Å². The Morgan fingerprint density at radius 2 is 1.87 bits per heavy atom. The predicted molar refractivity (Wildman–Crippen MR) is 116 cm³/mol. The first-order valence-corrected chi connectivity index (χ1v) is 10.7. The summed E-state index contributed by atoms with van der Waals surface area (Å²) in [6.07, 6.45) is 1.93.